The van der Waals surface area contributed by atoms with Crippen molar-refractivity contribution in [2.45, 2.75) is 52.1 Å². The quantitative estimate of drug-likeness (QED) is 0.409. The molecule has 0 aromatic carbocycles. The third kappa shape index (κ3) is 20.9. The number of halogens is 2. The fraction of sp³-hybridized carbons (Fsp3) is 0.500. The minimum absolute atomic E-state index is 0. The molecule has 0 fully saturated rings. The summed E-state index contributed by atoms with van der Waals surface area (Å²) in [4.78, 5) is 0. The summed E-state index contributed by atoms with van der Waals surface area (Å²) in [6.45, 7) is 6.84. The molecule has 0 atom stereocenters. The van der Waals surface area contributed by atoms with Crippen LogP contribution in [0.5, 0.6) is 0 Å². The summed E-state index contributed by atoms with van der Waals surface area (Å²) in [6, 6.07) is 0. The van der Waals surface area contributed by atoms with Gasteiger partial charge < -0.3 is 0 Å². The van der Waals surface area contributed by atoms with Gasteiger partial charge in [-0.3, -0.25) is 12.2 Å². The van der Waals surface area contributed by atoms with Crippen molar-refractivity contribution in [3.63, 3.8) is 0 Å². The van der Waals surface area contributed by atoms with Crippen molar-refractivity contribution >= 4 is 30.2 Å². The maximum Gasteiger partial charge on any atom is -0.109 e. The maximum absolute atomic E-state index is 3.16. The van der Waals surface area contributed by atoms with Crippen LogP contribution in [0.2, 0.25) is 13.1 Å². The summed E-state index contributed by atoms with van der Waals surface area (Å²) in [5.74, 6) is 0. The van der Waals surface area contributed by atoms with Crippen LogP contribution in [0.1, 0.15) is 39.0 Å². The van der Waals surface area contributed by atoms with Crippen LogP contribution in [0.4, 0.5) is 0 Å². The van der Waals surface area contributed by atoms with E-state index in [0.29, 0.717) is 0 Å². The minimum Gasteiger partial charge on any atom is -0.273 e. The Labute approximate surface area is 153 Å². The fourth-order valence-electron chi connectivity index (χ4n) is 1.33. The van der Waals surface area contributed by atoms with Crippen LogP contribution >= 0.6 is 24.8 Å². The Morgan fingerprint density at radius 3 is 2.15 bits per heavy atom. The van der Waals surface area contributed by atoms with Crippen LogP contribution in [-0.4, -0.2) is 5.43 Å². The molecule has 112 valence electrons. The van der Waals surface area contributed by atoms with E-state index in [0.717, 1.165) is 12.8 Å². The van der Waals surface area contributed by atoms with Gasteiger partial charge in [0.2, 0.25) is 0 Å². The van der Waals surface area contributed by atoms with E-state index in [1.165, 1.54) is 24.8 Å². The van der Waals surface area contributed by atoms with Crippen molar-refractivity contribution in [3.05, 3.63) is 48.1 Å². The zero-order valence-electron chi connectivity index (χ0n) is 12.7. The summed E-state index contributed by atoms with van der Waals surface area (Å²) in [5.41, 5.74) is 1.69. The molecule has 0 radical (unpaired) electrons. The zero-order valence-corrected chi connectivity index (χ0v) is 17.8. The van der Waals surface area contributed by atoms with Gasteiger partial charge in [0.15, 0.2) is 0 Å². The van der Waals surface area contributed by atoms with Gasteiger partial charge in [-0.25, -0.2) is 23.8 Å². The van der Waals surface area contributed by atoms with Crippen LogP contribution < -0.4 is 0 Å². The second-order valence-corrected chi connectivity index (χ2v) is 13.8. The molecule has 20 heavy (non-hydrogen) atoms. The number of allylic oxidation sites excluding steroid dienone is 8. The van der Waals surface area contributed by atoms with Gasteiger partial charge in [-0.05, 0) is 0 Å². The molecule has 0 spiro atoms. The van der Waals surface area contributed by atoms with Crippen molar-refractivity contribution in [1.82, 2.24) is 0 Å². The van der Waals surface area contributed by atoms with E-state index in [1.54, 1.807) is 23.3 Å². The molecule has 0 amide bonds. The Bertz CT molecular complexity index is 330. The van der Waals surface area contributed by atoms with Gasteiger partial charge in [-0.2, -0.15) is 12.2 Å². The topological polar surface area (TPSA) is 0 Å². The first-order chi connectivity index (χ1) is 8.66. The predicted octanol–water partition coefficient (Wildman–Crippen LogP) is 5.80. The fourth-order valence-corrected chi connectivity index (χ4v) is 1.33. The number of hydrogen-bond acceptors (Lipinski definition) is 0. The number of unbranched alkanes of at least 4 members (excludes halogenated alkanes) is 1. The summed E-state index contributed by atoms with van der Waals surface area (Å²) in [7, 11) is 0. The molecule has 0 aromatic rings. The second-order valence-electron chi connectivity index (χ2n) is 4.44. The van der Waals surface area contributed by atoms with Gasteiger partial charge in [0.1, 0.15) is 0 Å². The van der Waals surface area contributed by atoms with Gasteiger partial charge in [-0.1, -0.05) is 26.2 Å². The number of hydrogen-bond donors (Lipinski definition) is 0. The molecule has 4 heteroatoms. The van der Waals surface area contributed by atoms with Crippen molar-refractivity contribution in [2.24, 2.45) is 0 Å². The van der Waals surface area contributed by atoms with Crippen LogP contribution in [0.25, 0.3) is 0 Å². The van der Waals surface area contributed by atoms with E-state index in [4.69, 9.17) is 0 Å². The maximum atomic E-state index is 3.16. The zero-order chi connectivity index (χ0) is 13.6. The van der Waals surface area contributed by atoms with E-state index < -0.39 is 0 Å². The largest absolute Gasteiger partial charge is 0.273 e. The molecule has 0 N–H and O–H groups in total. The smallest absolute Gasteiger partial charge is 0.109 e. The predicted molar refractivity (Wildman–Crippen MR) is 93.6 cm³/mol. The Morgan fingerprint density at radius 2 is 1.85 bits per heavy atom. The van der Waals surface area contributed by atoms with E-state index in [1.807, 2.05) is 12.2 Å². The monoisotopic (exact) mass is 406 g/mol. The summed E-state index contributed by atoms with van der Waals surface area (Å²) in [6.07, 6.45) is 22.5. The molecule has 0 aliphatic heterocycles. The molecule has 0 aromatic heterocycles. The standard InChI is InChI=1S/C9H13.C5H5.C2H6Si.2ClH.Zr/c1-2-3-6-9-7-4-5-8-9;1-2-4-5-3-1;1-3-2;;;/h7-8H,2-4,6H2,1H3;1-3H,4H2;1-2H3;2*1H;/q2*-1;;;;+2. The first-order valence-electron chi connectivity index (χ1n) is 6.66. The van der Waals surface area contributed by atoms with Crippen LogP contribution in [0, 0.1) is 12.2 Å². The molecule has 0 nitrogen and oxygen atoms in total. The van der Waals surface area contributed by atoms with Gasteiger partial charge in [0.05, 0.1) is 0 Å². The second kappa shape index (κ2) is 19.6. The molecular formula is C16H26Cl2SiZr. The molecule has 2 aliphatic carbocycles. The van der Waals surface area contributed by atoms with E-state index in [9.17, 15) is 0 Å². The molecule has 0 bridgehead atoms. The first-order valence-corrected chi connectivity index (χ1v) is 12.8. The Morgan fingerprint density at radius 1 is 1.20 bits per heavy atom. The third-order valence-corrected chi connectivity index (χ3v) is 2.17. The van der Waals surface area contributed by atoms with E-state index in [2.05, 4.69) is 50.4 Å². The average Bonchev–Trinajstić information content (AvgIpc) is 3.01. The Hall–Kier alpha value is 0.640. The number of rotatable bonds is 3. The summed E-state index contributed by atoms with van der Waals surface area (Å²) >= 11 is 1.74. The molecule has 0 saturated heterocycles. The SMILES string of the molecule is CCCCC1=CC[C-]=C1.C[Si](C)=[Zr+2].Cl.Cl.[C-]1=CC=CC1. The van der Waals surface area contributed by atoms with Gasteiger partial charge in [0, 0.05) is 0 Å². The summed E-state index contributed by atoms with van der Waals surface area (Å²) < 4.78 is 0. The molecule has 2 rings (SSSR count). The van der Waals surface area contributed by atoms with E-state index in [-0.39, 0.29) is 30.2 Å². The van der Waals surface area contributed by atoms with Crippen LogP contribution in [0.3, 0.4) is 0 Å². The first kappa shape index (κ1) is 25.6. The van der Waals surface area contributed by atoms with Crippen LogP contribution in [-0.2, 0) is 23.3 Å². The van der Waals surface area contributed by atoms with Gasteiger partial charge in [-0.15, -0.1) is 37.7 Å². The normalized spacial score (nSPS) is 13.2. The minimum atomic E-state index is 0. The molecule has 2 aliphatic rings. The molecule has 0 saturated carbocycles. The average molecular weight is 409 g/mol. The molecular weight excluding hydrogens is 382 g/mol. The summed E-state index contributed by atoms with van der Waals surface area (Å²) in [5, 5.41) is 0. The van der Waals surface area contributed by atoms with Crippen molar-refractivity contribution in [2.75, 3.05) is 0 Å². The Balaban J connectivity index is -0.000000228. The van der Waals surface area contributed by atoms with E-state index >= 15 is 0 Å². The van der Waals surface area contributed by atoms with Crippen molar-refractivity contribution in [1.29, 1.82) is 0 Å². The van der Waals surface area contributed by atoms with Crippen LogP contribution in [0.15, 0.2) is 36.0 Å². The van der Waals surface area contributed by atoms with Crippen molar-refractivity contribution in [3.8, 4) is 0 Å². The van der Waals surface area contributed by atoms with Crippen molar-refractivity contribution < 1.29 is 23.3 Å². The van der Waals surface area contributed by atoms with Gasteiger partial charge in [0.25, 0.3) is 0 Å². The molecule has 0 heterocycles. The van der Waals surface area contributed by atoms with Gasteiger partial charge >= 0.3 is 41.9 Å². The third-order valence-electron chi connectivity index (χ3n) is 2.17. The molecule has 0 unspecified atom stereocenters. The Kier molecular flexibility index (Phi) is 25.1.